The van der Waals surface area contributed by atoms with Crippen molar-refractivity contribution in [3.05, 3.63) is 35.5 Å². The van der Waals surface area contributed by atoms with Crippen LogP contribution in [0.25, 0.3) is 10.9 Å². The lowest BCUT2D eigenvalue weighted by atomic mass is 10.1. The van der Waals surface area contributed by atoms with Crippen LogP contribution in [0, 0.1) is 0 Å². The van der Waals surface area contributed by atoms with E-state index in [1.807, 2.05) is 0 Å². The predicted octanol–water partition coefficient (Wildman–Crippen LogP) is 2.65. The molecule has 5 heteroatoms. The molecule has 2 rings (SSSR count). The fourth-order valence-electron chi connectivity index (χ4n) is 1.55. The molecule has 0 aliphatic heterocycles. The summed E-state index contributed by atoms with van der Waals surface area (Å²) in [7, 11) is 0. The van der Waals surface area contributed by atoms with E-state index in [0.29, 0.717) is 16.5 Å². The Labute approximate surface area is 83.9 Å². The van der Waals surface area contributed by atoms with Gasteiger partial charge in [0.1, 0.15) is 5.69 Å². The van der Waals surface area contributed by atoms with Crippen molar-refractivity contribution in [1.82, 2.24) is 4.98 Å². The van der Waals surface area contributed by atoms with Crippen molar-refractivity contribution in [3.8, 4) is 0 Å². The normalized spacial score (nSPS) is 12.3. The van der Waals surface area contributed by atoms with E-state index in [1.165, 1.54) is 0 Å². The minimum atomic E-state index is -4.34. The van der Waals surface area contributed by atoms with Crippen molar-refractivity contribution in [2.24, 2.45) is 5.73 Å². The number of nitrogens with two attached hydrogens (primary N) is 1. The van der Waals surface area contributed by atoms with Crippen molar-refractivity contribution in [1.29, 1.82) is 0 Å². The minimum Gasteiger partial charge on any atom is -0.351 e. The number of hydrogen-bond acceptors (Lipinski definition) is 1. The van der Waals surface area contributed by atoms with Gasteiger partial charge in [-0.1, -0.05) is 12.1 Å². The summed E-state index contributed by atoms with van der Waals surface area (Å²) < 4.78 is 37.2. The van der Waals surface area contributed by atoms with Gasteiger partial charge in [-0.15, -0.1) is 0 Å². The maximum Gasteiger partial charge on any atom is 0.431 e. The number of hydrogen-bond donors (Lipinski definition) is 2. The molecule has 0 fully saturated rings. The van der Waals surface area contributed by atoms with E-state index in [0.717, 1.165) is 6.07 Å². The highest BCUT2D eigenvalue weighted by Gasteiger charge is 2.32. The Balaban J connectivity index is 2.65. The SMILES string of the molecule is NCc1cccc2[nH]c(C(F)(F)F)cc12. The van der Waals surface area contributed by atoms with Gasteiger partial charge in [-0.05, 0) is 17.7 Å². The second kappa shape index (κ2) is 3.27. The first kappa shape index (κ1) is 10.0. The Hall–Kier alpha value is -1.49. The molecule has 0 unspecified atom stereocenters. The summed E-state index contributed by atoms with van der Waals surface area (Å²) in [6, 6.07) is 6.10. The number of H-pyrrole nitrogens is 1. The maximum atomic E-state index is 12.4. The number of rotatable bonds is 1. The summed E-state index contributed by atoms with van der Waals surface area (Å²) in [6.45, 7) is 0.229. The summed E-state index contributed by atoms with van der Waals surface area (Å²) in [4.78, 5) is 2.33. The Morgan fingerprint density at radius 2 is 2.00 bits per heavy atom. The second-order valence-electron chi connectivity index (χ2n) is 3.26. The highest BCUT2D eigenvalue weighted by molar-refractivity contribution is 5.84. The van der Waals surface area contributed by atoms with Gasteiger partial charge in [0.2, 0.25) is 0 Å². The minimum absolute atomic E-state index is 0.229. The number of nitrogens with one attached hydrogen (secondary N) is 1. The molecule has 2 aromatic rings. The number of aromatic amines is 1. The Morgan fingerprint density at radius 3 is 2.60 bits per heavy atom. The Morgan fingerprint density at radius 1 is 1.27 bits per heavy atom. The summed E-state index contributed by atoms with van der Waals surface area (Å²) in [5.41, 5.74) is 5.87. The van der Waals surface area contributed by atoms with Crippen LogP contribution in [-0.2, 0) is 12.7 Å². The average Bonchev–Trinajstić information content (AvgIpc) is 2.59. The molecule has 1 aromatic carbocycles. The molecule has 1 heterocycles. The van der Waals surface area contributed by atoms with Crippen LogP contribution >= 0.6 is 0 Å². The number of aromatic nitrogens is 1. The van der Waals surface area contributed by atoms with Gasteiger partial charge in [-0.25, -0.2) is 0 Å². The van der Waals surface area contributed by atoms with Crippen LogP contribution < -0.4 is 5.73 Å². The molecule has 2 nitrogen and oxygen atoms in total. The number of alkyl halides is 3. The monoisotopic (exact) mass is 214 g/mol. The van der Waals surface area contributed by atoms with Crippen LogP contribution in [-0.4, -0.2) is 4.98 Å². The van der Waals surface area contributed by atoms with E-state index >= 15 is 0 Å². The topological polar surface area (TPSA) is 41.8 Å². The van der Waals surface area contributed by atoms with Crippen molar-refractivity contribution in [3.63, 3.8) is 0 Å². The Bertz CT molecular complexity index is 485. The molecule has 15 heavy (non-hydrogen) atoms. The largest absolute Gasteiger partial charge is 0.431 e. The molecule has 0 saturated carbocycles. The molecule has 3 N–H and O–H groups in total. The standard InChI is InChI=1S/C10H9F3N2/c11-10(12,13)9-4-7-6(5-14)2-1-3-8(7)15-9/h1-4,15H,5,14H2. The van der Waals surface area contributed by atoms with Crippen LogP contribution in [0.1, 0.15) is 11.3 Å². The van der Waals surface area contributed by atoms with Crippen LogP contribution in [0.15, 0.2) is 24.3 Å². The number of halogens is 3. The molecule has 0 bridgehead atoms. The fourth-order valence-corrected chi connectivity index (χ4v) is 1.55. The summed E-state index contributed by atoms with van der Waals surface area (Å²) in [5.74, 6) is 0. The maximum absolute atomic E-state index is 12.4. The quantitative estimate of drug-likeness (QED) is 0.752. The first-order valence-electron chi connectivity index (χ1n) is 4.40. The predicted molar refractivity (Wildman–Crippen MR) is 51.2 cm³/mol. The van der Waals surface area contributed by atoms with E-state index in [4.69, 9.17) is 5.73 Å². The molecular formula is C10H9F3N2. The highest BCUT2D eigenvalue weighted by Crippen LogP contribution is 2.31. The van der Waals surface area contributed by atoms with Gasteiger partial charge in [0.25, 0.3) is 0 Å². The molecule has 80 valence electrons. The van der Waals surface area contributed by atoms with Gasteiger partial charge in [-0.2, -0.15) is 13.2 Å². The van der Waals surface area contributed by atoms with Gasteiger partial charge < -0.3 is 10.7 Å². The van der Waals surface area contributed by atoms with Gasteiger partial charge >= 0.3 is 6.18 Å². The van der Waals surface area contributed by atoms with Gasteiger partial charge in [0.15, 0.2) is 0 Å². The molecule has 0 aliphatic rings. The first-order chi connectivity index (χ1) is 7.02. The van der Waals surface area contributed by atoms with E-state index in [9.17, 15) is 13.2 Å². The van der Waals surface area contributed by atoms with Gasteiger partial charge in [-0.3, -0.25) is 0 Å². The van der Waals surface area contributed by atoms with Crippen LogP contribution in [0.5, 0.6) is 0 Å². The van der Waals surface area contributed by atoms with Crippen molar-refractivity contribution in [2.75, 3.05) is 0 Å². The number of fused-ring (bicyclic) bond motifs is 1. The zero-order valence-electron chi connectivity index (χ0n) is 7.73. The zero-order chi connectivity index (χ0) is 11.1. The lowest BCUT2D eigenvalue weighted by molar-refractivity contribution is -0.140. The van der Waals surface area contributed by atoms with Crippen molar-refractivity contribution < 1.29 is 13.2 Å². The Kier molecular flexibility index (Phi) is 2.19. The lowest BCUT2D eigenvalue weighted by Crippen LogP contribution is -2.04. The smallest absolute Gasteiger partial charge is 0.351 e. The highest BCUT2D eigenvalue weighted by atomic mass is 19.4. The van der Waals surface area contributed by atoms with E-state index < -0.39 is 11.9 Å². The average molecular weight is 214 g/mol. The van der Waals surface area contributed by atoms with E-state index in [1.54, 1.807) is 18.2 Å². The van der Waals surface area contributed by atoms with Gasteiger partial charge in [0.05, 0.1) is 0 Å². The molecule has 0 aliphatic carbocycles. The van der Waals surface area contributed by atoms with E-state index in [2.05, 4.69) is 4.98 Å². The first-order valence-corrected chi connectivity index (χ1v) is 4.40. The van der Waals surface area contributed by atoms with Crippen LogP contribution in [0.3, 0.4) is 0 Å². The third-order valence-corrected chi connectivity index (χ3v) is 2.28. The molecule has 0 saturated heterocycles. The van der Waals surface area contributed by atoms with Gasteiger partial charge in [0, 0.05) is 17.4 Å². The molecule has 1 aromatic heterocycles. The summed E-state index contributed by atoms with van der Waals surface area (Å²) >= 11 is 0. The molecule has 0 amide bonds. The molecule has 0 radical (unpaired) electrons. The van der Waals surface area contributed by atoms with Crippen LogP contribution in [0.2, 0.25) is 0 Å². The summed E-state index contributed by atoms with van der Waals surface area (Å²) in [5, 5.41) is 0.535. The molecule has 0 atom stereocenters. The lowest BCUT2D eigenvalue weighted by Gasteiger charge is -2.00. The van der Waals surface area contributed by atoms with Crippen LogP contribution in [0.4, 0.5) is 13.2 Å². The third kappa shape index (κ3) is 1.70. The fraction of sp³-hybridized carbons (Fsp3) is 0.200. The molecule has 0 spiro atoms. The second-order valence-corrected chi connectivity index (χ2v) is 3.26. The third-order valence-electron chi connectivity index (χ3n) is 2.28. The van der Waals surface area contributed by atoms with E-state index in [-0.39, 0.29) is 6.54 Å². The van der Waals surface area contributed by atoms with Crippen molar-refractivity contribution in [2.45, 2.75) is 12.7 Å². The molecular weight excluding hydrogens is 205 g/mol. The summed E-state index contributed by atoms with van der Waals surface area (Å²) in [6.07, 6.45) is -4.34. The number of benzene rings is 1. The van der Waals surface area contributed by atoms with Crippen molar-refractivity contribution >= 4 is 10.9 Å². The zero-order valence-corrected chi connectivity index (χ0v) is 7.73.